The highest BCUT2D eigenvalue weighted by molar-refractivity contribution is 5.81. The lowest BCUT2D eigenvalue weighted by atomic mass is 9.81. The van der Waals surface area contributed by atoms with Gasteiger partial charge in [-0.2, -0.15) is 5.26 Å². The number of amides is 1. The van der Waals surface area contributed by atoms with Gasteiger partial charge < -0.3 is 19.8 Å². The smallest absolute Gasteiger partial charge is 0.281 e. The molecule has 6 heteroatoms. The van der Waals surface area contributed by atoms with Crippen LogP contribution in [0.4, 0.5) is 5.69 Å². The maximum Gasteiger partial charge on any atom is 0.281 e. The summed E-state index contributed by atoms with van der Waals surface area (Å²) in [5.41, 5.74) is 0.491. The van der Waals surface area contributed by atoms with E-state index in [2.05, 4.69) is 11.0 Å². The number of quaternary nitrogens is 1. The summed E-state index contributed by atoms with van der Waals surface area (Å²) >= 11 is 0. The number of nitriles is 1. The maximum atomic E-state index is 13.1. The van der Waals surface area contributed by atoms with Crippen molar-refractivity contribution >= 4 is 11.6 Å². The molecule has 1 aromatic rings. The fourth-order valence-corrected chi connectivity index (χ4v) is 4.48. The van der Waals surface area contributed by atoms with E-state index in [1.807, 2.05) is 26.1 Å². The van der Waals surface area contributed by atoms with Gasteiger partial charge in [-0.3, -0.25) is 4.79 Å². The number of carbonyl (C=O) groups excluding carboxylic acids is 1. The summed E-state index contributed by atoms with van der Waals surface area (Å²) in [4.78, 5) is 18.4. The van der Waals surface area contributed by atoms with Crippen molar-refractivity contribution in [3.8, 4) is 11.8 Å². The summed E-state index contributed by atoms with van der Waals surface area (Å²) in [7, 11) is 1.82. The largest absolute Gasteiger partial charge is 0.508 e. The van der Waals surface area contributed by atoms with Crippen LogP contribution in [0.25, 0.3) is 0 Å². The molecule has 0 aromatic heterocycles. The minimum absolute atomic E-state index is 0.0894. The Balaban J connectivity index is 1.59. The van der Waals surface area contributed by atoms with E-state index < -0.39 is 5.54 Å². The molecule has 1 amide bonds. The molecule has 2 fully saturated rings. The van der Waals surface area contributed by atoms with E-state index in [1.54, 1.807) is 17.0 Å². The molecule has 1 saturated heterocycles. The van der Waals surface area contributed by atoms with Crippen molar-refractivity contribution in [3.05, 3.63) is 24.3 Å². The summed E-state index contributed by atoms with van der Waals surface area (Å²) < 4.78 is 0. The number of rotatable bonds is 4. The van der Waals surface area contributed by atoms with Crippen molar-refractivity contribution < 1.29 is 14.8 Å². The number of anilines is 1. The van der Waals surface area contributed by atoms with Crippen molar-refractivity contribution in [2.45, 2.75) is 50.6 Å². The molecule has 0 spiro atoms. The zero-order valence-electron chi connectivity index (χ0n) is 16.4. The highest BCUT2D eigenvalue weighted by Gasteiger charge is 2.42. The monoisotopic (exact) mass is 371 g/mol. The molecule has 27 heavy (non-hydrogen) atoms. The molecule has 0 bridgehead atoms. The number of phenols is 1. The lowest BCUT2D eigenvalue weighted by molar-refractivity contribution is -0.915. The van der Waals surface area contributed by atoms with Crippen LogP contribution in [0.1, 0.15) is 39.0 Å². The Morgan fingerprint density at radius 3 is 2.37 bits per heavy atom. The topological polar surface area (TPSA) is 72.0 Å². The second-order valence-electron chi connectivity index (χ2n) is 7.98. The standard InChI is InChI=1S/C21H30N4O2/c1-17(20(27)23(2)21(16-22)10-4-3-5-11-21)24-12-14-25(15-13-24)18-6-8-19(26)9-7-18/h6-9,17,26H,3-5,10-15H2,1-2H3/p+1/t17-/m0/s1. The average molecular weight is 372 g/mol. The highest BCUT2D eigenvalue weighted by Crippen LogP contribution is 2.32. The molecule has 1 atom stereocenters. The van der Waals surface area contributed by atoms with Gasteiger partial charge in [0.1, 0.15) is 11.3 Å². The first-order valence-corrected chi connectivity index (χ1v) is 10.0. The number of aromatic hydroxyl groups is 1. The SMILES string of the molecule is C[C@@H](C(=O)N(C)C1(C#N)CCCCC1)[NH+]1CCN(c2ccc(O)cc2)CC1. The van der Waals surface area contributed by atoms with Crippen molar-refractivity contribution in [3.63, 3.8) is 0 Å². The molecular weight excluding hydrogens is 340 g/mol. The normalized spacial score (nSPS) is 21.3. The fraction of sp³-hybridized carbons (Fsp3) is 0.619. The number of benzene rings is 1. The predicted molar refractivity (Wildman–Crippen MR) is 105 cm³/mol. The Kier molecular flexibility index (Phi) is 5.91. The molecule has 1 aromatic carbocycles. The molecule has 2 aliphatic rings. The number of phenolic OH excluding ortho intramolecular Hbond substituents is 1. The number of carbonyl (C=O) groups is 1. The van der Waals surface area contributed by atoms with Crippen molar-refractivity contribution in [1.29, 1.82) is 5.26 Å². The zero-order valence-corrected chi connectivity index (χ0v) is 16.4. The lowest BCUT2D eigenvalue weighted by Gasteiger charge is -2.42. The van der Waals surface area contributed by atoms with E-state index >= 15 is 0 Å². The average Bonchev–Trinajstić information content (AvgIpc) is 2.73. The fourth-order valence-electron chi connectivity index (χ4n) is 4.48. The number of hydrogen-bond acceptors (Lipinski definition) is 4. The van der Waals surface area contributed by atoms with Crippen molar-refractivity contribution in [2.24, 2.45) is 0 Å². The van der Waals surface area contributed by atoms with Gasteiger partial charge in [0.2, 0.25) is 0 Å². The van der Waals surface area contributed by atoms with Gasteiger partial charge in [-0.25, -0.2) is 0 Å². The van der Waals surface area contributed by atoms with E-state index in [0.717, 1.165) is 64.0 Å². The Hall–Kier alpha value is -2.26. The molecule has 1 aliphatic carbocycles. The van der Waals surface area contributed by atoms with Crippen LogP contribution in [0.2, 0.25) is 0 Å². The molecule has 3 rings (SSSR count). The molecule has 1 aliphatic heterocycles. The Bertz CT molecular complexity index is 683. The molecule has 1 heterocycles. The van der Waals surface area contributed by atoms with E-state index in [0.29, 0.717) is 0 Å². The van der Waals surface area contributed by atoms with Crippen LogP contribution in [0, 0.1) is 11.3 Å². The summed E-state index contributed by atoms with van der Waals surface area (Å²) in [6.45, 7) is 5.54. The third-order valence-electron chi connectivity index (χ3n) is 6.46. The van der Waals surface area contributed by atoms with Crippen LogP contribution < -0.4 is 9.80 Å². The number of nitrogens with zero attached hydrogens (tertiary/aromatic N) is 3. The van der Waals surface area contributed by atoms with E-state index in [9.17, 15) is 15.2 Å². The second-order valence-corrected chi connectivity index (χ2v) is 7.98. The Morgan fingerprint density at radius 1 is 1.22 bits per heavy atom. The third-order valence-corrected chi connectivity index (χ3v) is 6.46. The lowest BCUT2D eigenvalue weighted by Crippen LogP contribution is -3.19. The zero-order chi connectivity index (χ0) is 19.4. The molecule has 6 nitrogen and oxygen atoms in total. The Labute approximate surface area is 162 Å². The third kappa shape index (κ3) is 4.03. The van der Waals surface area contributed by atoms with E-state index in [-0.39, 0.29) is 17.7 Å². The van der Waals surface area contributed by atoms with Gasteiger partial charge in [0.05, 0.1) is 32.2 Å². The van der Waals surface area contributed by atoms with Gasteiger partial charge in [-0.05, 0) is 44.0 Å². The van der Waals surface area contributed by atoms with E-state index in [4.69, 9.17) is 0 Å². The summed E-state index contributed by atoms with van der Waals surface area (Å²) in [5.74, 6) is 0.367. The first-order valence-electron chi connectivity index (χ1n) is 10.0. The molecular formula is C21H31N4O2+. The van der Waals surface area contributed by atoms with Crippen LogP contribution in [-0.4, -0.2) is 60.7 Å². The van der Waals surface area contributed by atoms with Gasteiger partial charge in [-0.15, -0.1) is 0 Å². The molecule has 2 N–H and O–H groups in total. The highest BCUT2D eigenvalue weighted by atomic mass is 16.3. The molecule has 0 unspecified atom stereocenters. The van der Waals surface area contributed by atoms with Gasteiger partial charge in [0.15, 0.2) is 6.04 Å². The minimum atomic E-state index is -0.614. The van der Waals surface area contributed by atoms with Crippen molar-refractivity contribution in [1.82, 2.24) is 4.90 Å². The first-order chi connectivity index (χ1) is 13.0. The summed E-state index contributed by atoms with van der Waals surface area (Å²) in [6.07, 6.45) is 4.80. The quantitative estimate of drug-likeness (QED) is 0.833. The van der Waals surface area contributed by atoms with Crippen LogP contribution in [-0.2, 0) is 4.79 Å². The number of hydrogen-bond donors (Lipinski definition) is 2. The number of nitrogens with one attached hydrogen (secondary N) is 1. The predicted octanol–water partition coefficient (Wildman–Crippen LogP) is 1.17. The summed E-state index contributed by atoms with van der Waals surface area (Å²) in [6, 6.07) is 9.61. The summed E-state index contributed by atoms with van der Waals surface area (Å²) in [5, 5.41) is 19.2. The first kappa shape index (κ1) is 19.5. The van der Waals surface area contributed by atoms with Crippen LogP contribution >= 0.6 is 0 Å². The molecule has 0 radical (unpaired) electrons. The maximum absolute atomic E-state index is 13.1. The van der Waals surface area contributed by atoms with E-state index in [1.165, 1.54) is 4.90 Å². The van der Waals surface area contributed by atoms with Crippen LogP contribution in [0.15, 0.2) is 24.3 Å². The van der Waals surface area contributed by atoms with Crippen LogP contribution in [0.3, 0.4) is 0 Å². The number of likely N-dealkylation sites (N-methyl/N-ethyl adjacent to an activating group) is 1. The van der Waals surface area contributed by atoms with Gasteiger partial charge >= 0.3 is 0 Å². The minimum Gasteiger partial charge on any atom is -0.508 e. The van der Waals surface area contributed by atoms with Crippen LogP contribution in [0.5, 0.6) is 5.75 Å². The van der Waals surface area contributed by atoms with Crippen molar-refractivity contribution in [2.75, 3.05) is 38.1 Å². The molecule has 146 valence electrons. The number of piperazine rings is 1. The van der Waals surface area contributed by atoms with Gasteiger partial charge in [0.25, 0.3) is 5.91 Å². The van der Waals surface area contributed by atoms with Gasteiger partial charge in [0, 0.05) is 12.7 Å². The van der Waals surface area contributed by atoms with Gasteiger partial charge in [-0.1, -0.05) is 19.3 Å². The second kappa shape index (κ2) is 8.18. The Morgan fingerprint density at radius 2 is 1.81 bits per heavy atom. The molecule has 1 saturated carbocycles.